The minimum absolute atomic E-state index is 0.213. The van der Waals surface area contributed by atoms with Gasteiger partial charge >= 0.3 is 5.97 Å². The Labute approximate surface area is 173 Å². The molecular weight excluding hydrogens is 455 g/mol. The van der Waals surface area contributed by atoms with Crippen molar-refractivity contribution in [2.45, 2.75) is 41.6 Å². The van der Waals surface area contributed by atoms with Gasteiger partial charge in [0.1, 0.15) is 0 Å². The number of halogens is 1. The first-order chi connectivity index (χ1) is 12.9. The van der Waals surface area contributed by atoms with Crippen LogP contribution < -0.4 is 0 Å². The molecule has 0 amide bonds. The molecule has 4 rings (SSSR count). The zero-order chi connectivity index (χ0) is 19.2. The Morgan fingerprint density at radius 2 is 2.19 bits per heavy atom. The van der Waals surface area contributed by atoms with Crippen LogP contribution in [-0.2, 0) is 19.4 Å². The fourth-order valence-corrected chi connectivity index (χ4v) is 6.29. The Kier molecular flexibility index (Phi) is 5.01. The molecule has 2 aliphatic heterocycles. The van der Waals surface area contributed by atoms with Gasteiger partial charge < -0.3 is 14.8 Å². The van der Waals surface area contributed by atoms with Gasteiger partial charge in [0.25, 0.3) is 0 Å². The van der Waals surface area contributed by atoms with Gasteiger partial charge in [-0.1, -0.05) is 47.7 Å². The van der Waals surface area contributed by atoms with E-state index >= 15 is 0 Å². The Balaban J connectivity index is 1.86. The standard InChI is InChI=1S/C21H27IN2O3/c1-3-20(26)10-14-11-21(22,19(25)27-2)18-16(8-9-24(12-14)13-20)15-6-4-5-7-17(15)23-18/h4-7,14,23,26H,3,8-13H2,1-2H3/t14-,20-,21-/m0/s1. The molecule has 3 heterocycles. The van der Waals surface area contributed by atoms with E-state index in [0.717, 1.165) is 43.6 Å². The zero-order valence-electron chi connectivity index (χ0n) is 15.9. The highest BCUT2D eigenvalue weighted by atomic mass is 127. The number of carbonyl (C=O) groups is 1. The molecule has 2 aromatic rings. The van der Waals surface area contributed by atoms with Crippen molar-refractivity contribution < 1.29 is 14.6 Å². The van der Waals surface area contributed by atoms with Crippen LogP contribution in [-0.4, -0.2) is 53.3 Å². The Morgan fingerprint density at radius 3 is 2.93 bits per heavy atom. The minimum atomic E-state index is -0.770. The summed E-state index contributed by atoms with van der Waals surface area (Å²) in [5.74, 6) is 0.0343. The average molecular weight is 482 g/mol. The number of fused-ring (bicyclic) bond motifs is 5. The van der Waals surface area contributed by atoms with Gasteiger partial charge in [-0.15, -0.1) is 0 Å². The molecular formula is C21H27IN2O3. The van der Waals surface area contributed by atoms with E-state index in [2.05, 4.69) is 44.6 Å². The quantitative estimate of drug-likeness (QED) is 0.392. The fraction of sp³-hybridized carbons (Fsp3) is 0.571. The monoisotopic (exact) mass is 482 g/mol. The summed E-state index contributed by atoms with van der Waals surface area (Å²) in [7, 11) is 1.47. The SMILES string of the molecule is CC[C@]1(O)C[C@@H]2CN(CCc3c([nH]c4ccccc34)[C@](I)(C(=O)OC)C2)C1. The first kappa shape index (κ1) is 19.2. The van der Waals surface area contributed by atoms with Crippen molar-refractivity contribution >= 4 is 39.5 Å². The van der Waals surface area contributed by atoms with E-state index in [1.165, 1.54) is 18.1 Å². The maximum absolute atomic E-state index is 13.0. The molecule has 0 spiro atoms. The van der Waals surface area contributed by atoms with Gasteiger partial charge in [-0.25, -0.2) is 0 Å². The van der Waals surface area contributed by atoms with E-state index in [-0.39, 0.29) is 11.9 Å². The van der Waals surface area contributed by atoms with Gasteiger partial charge in [0.05, 0.1) is 12.7 Å². The van der Waals surface area contributed by atoms with Crippen molar-refractivity contribution in [3.05, 3.63) is 35.5 Å². The van der Waals surface area contributed by atoms with Gasteiger partial charge in [-0.05, 0) is 43.2 Å². The molecule has 2 bridgehead atoms. The molecule has 1 aromatic carbocycles. The summed E-state index contributed by atoms with van der Waals surface area (Å²) < 4.78 is 4.49. The first-order valence-corrected chi connectivity index (χ1v) is 10.8. The smallest absolute Gasteiger partial charge is 0.327 e. The van der Waals surface area contributed by atoms with Gasteiger partial charge in [-0.3, -0.25) is 9.69 Å². The zero-order valence-corrected chi connectivity index (χ0v) is 18.1. The number of nitrogens with zero attached hydrogens (tertiary/aromatic N) is 1. The second-order valence-corrected chi connectivity index (χ2v) is 10.00. The van der Waals surface area contributed by atoms with Gasteiger partial charge in [0.2, 0.25) is 0 Å². The van der Waals surface area contributed by atoms with Gasteiger partial charge in [0, 0.05) is 36.2 Å². The van der Waals surface area contributed by atoms with Crippen LogP contribution in [0.15, 0.2) is 24.3 Å². The molecule has 1 saturated heterocycles. The van der Waals surface area contributed by atoms with E-state index in [4.69, 9.17) is 4.74 Å². The van der Waals surface area contributed by atoms with Crippen LogP contribution in [0.25, 0.3) is 10.9 Å². The number of benzene rings is 1. The molecule has 1 unspecified atom stereocenters. The van der Waals surface area contributed by atoms with Crippen LogP contribution in [0.3, 0.4) is 0 Å². The van der Waals surface area contributed by atoms with E-state index in [0.29, 0.717) is 13.0 Å². The summed E-state index contributed by atoms with van der Waals surface area (Å²) in [5, 5.41) is 12.2. The second-order valence-electron chi connectivity index (χ2n) is 8.15. The molecule has 0 aliphatic carbocycles. The fourth-order valence-electron chi connectivity index (χ4n) is 4.99. The third kappa shape index (κ3) is 3.29. The predicted molar refractivity (Wildman–Crippen MR) is 114 cm³/mol. The molecule has 5 nitrogen and oxygen atoms in total. The largest absolute Gasteiger partial charge is 0.468 e. The maximum atomic E-state index is 13.0. The lowest BCUT2D eigenvalue weighted by Crippen LogP contribution is -2.52. The van der Waals surface area contributed by atoms with Crippen molar-refractivity contribution in [1.82, 2.24) is 9.88 Å². The van der Waals surface area contributed by atoms with Gasteiger partial charge in [-0.2, -0.15) is 0 Å². The molecule has 0 saturated carbocycles. The average Bonchev–Trinajstić information content (AvgIpc) is 3.05. The summed E-state index contributed by atoms with van der Waals surface area (Å²) in [6, 6.07) is 8.26. The number of rotatable bonds is 2. The molecule has 2 aliphatic rings. The Morgan fingerprint density at radius 1 is 1.41 bits per heavy atom. The molecule has 6 heteroatoms. The summed E-state index contributed by atoms with van der Waals surface area (Å²) >= 11 is 2.29. The third-order valence-corrected chi connectivity index (χ3v) is 7.75. The number of aromatic amines is 1. The van der Waals surface area contributed by atoms with E-state index in [9.17, 15) is 9.90 Å². The number of ether oxygens (including phenoxy) is 1. The van der Waals surface area contributed by atoms with Crippen molar-refractivity contribution in [3.8, 4) is 0 Å². The van der Waals surface area contributed by atoms with Crippen LogP contribution >= 0.6 is 22.6 Å². The topological polar surface area (TPSA) is 65.6 Å². The number of esters is 1. The van der Waals surface area contributed by atoms with Gasteiger partial charge in [0.15, 0.2) is 3.42 Å². The molecule has 27 heavy (non-hydrogen) atoms. The number of H-pyrrole nitrogens is 1. The third-order valence-electron chi connectivity index (χ3n) is 6.33. The number of nitrogens with one attached hydrogen (secondary N) is 1. The molecule has 1 fully saturated rings. The first-order valence-electron chi connectivity index (χ1n) is 9.70. The highest BCUT2D eigenvalue weighted by Gasteiger charge is 2.48. The molecule has 2 N–H and O–H groups in total. The van der Waals surface area contributed by atoms with E-state index < -0.39 is 9.02 Å². The molecule has 4 atom stereocenters. The number of aliphatic hydroxyl groups is 1. The number of piperidine rings is 1. The van der Waals surface area contributed by atoms with Crippen molar-refractivity contribution in [3.63, 3.8) is 0 Å². The van der Waals surface area contributed by atoms with Crippen molar-refractivity contribution in [2.75, 3.05) is 26.7 Å². The van der Waals surface area contributed by atoms with E-state index in [1.54, 1.807) is 0 Å². The van der Waals surface area contributed by atoms with Crippen LogP contribution in [0.5, 0.6) is 0 Å². The summed E-state index contributed by atoms with van der Waals surface area (Å²) in [4.78, 5) is 18.9. The van der Waals surface area contributed by atoms with Crippen LogP contribution in [0.1, 0.15) is 37.4 Å². The number of carbonyl (C=O) groups excluding carboxylic acids is 1. The van der Waals surface area contributed by atoms with Crippen molar-refractivity contribution in [1.29, 1.82) is 0 Å². The normalized spacial score (nSPS) is 33.6. The maximum Gasteiger partial charge on any atom is 0.327 e. The van der Waals surface area contributed by atoms with Crippen LogP contribution in [0.2, 0.25) is 0 Å². The Bertz CT molecular complexity index is 866. The minimum Gasteiger partial charge on any atom is -0.468 e. The number of alkyl halides is 1. The lowest BCUT2D eigenvalue weighted by molar-refractivity contribution is -0.144. The van der Waals surface area contributed by atoms with Crippen LogP contribution in [0, 0.1) is 5.92 Å². The summed E-state index contributed by atoms with van der Waals surface area (Å²) in [6.45, 7) is 4.58. The predicted octanol–water partition coefficient (Wildman–Crippen LogP) is 3.38. The second kappa shape index (κ2) is 7.04. The highest BCUT2D eigenvalue weighted by Crippen LogP contribution is 2.46. The summed E-state index contributed by atoms with van der Waals surface area (Å²) in [5.41, 5.74) is 2.58. The van der Waals surface area contributed by atoms with E-state index in [1.807, 2.05) is 19.1 Å². The number of hydrogen-bond donors (Lipinski definition) is 2. The Hall–Kier alpha value is -1.12. The lowest BCUT2D eigenvalue weighted by Gasteiger charge is -2.44. The number of methoxy groups -OCH3 is 1. The molecule has 1 aromatic heterocycles. The van der Waals surface area contributed by atoms with Crippen molar-refractivity contribution in [2.24, 2.45) is 5.92 Å². The number of hydrogen-bond acceptors (Lipinski definition) is 4. The van der Waals surface area contributed by atoms with Crippen LogP contribution in [0.4, 0.5) is 0 Å². The molecule has 0 radical (unpaired) electrons. The number of para-hydroxylation sites is 1. The summed E-state index contributed by atoms with van der Waals surface area (Å²) in [6.07, 6.45) is 2.99. The molecule has 146 valence electrons. The number of aromatic nitrogens is 1. The highest BCUT2D eigenvalue weighted by molar-refractivity contribution is 14.1. The lowest BCUT2D eigenvalue weighted by atomic mass is 9.79.